The van der Waals surface area contributed by atoms with Gasteiger partial charge in [0.2, 0.25) is 6.29 Å². The van der Waals surface area contributed by atoms with Gasteiger partial charge in [0.25, 0.3) is 0 Å². The highest BCUT2D eigenvalue weighted by molar-refractivity contribution is 5.97. The fraction of sp³-hybridized carbons (Fsp3) is 0.636. The molecule has 0 saturated carbocycles. The molecule has 0 bridgehead atoms. The van der Waals surface area contributed by atoms with Crippen molar-refractivity contribution in [1.29, 1.82) is 0 Å². The summed E-state index contributed by atoms with van der Waals surface area (Å²) in [5.41, 5.74) is -0.920. The largest absolute Gasteiger partial charge is 0.432 e. The van der Waals surface area contributed by atoms with E-state index in [0.717, 1.165) is 0 Å². The summed E-state index contributed by atoms with van der Waals surface area (Å²) >= 11 is 0. The van der Waals surface area contributed by atoms with Crippen LogP contribution in [0.2, 0.25) is 0 Å². The molecule has 0 unspecified atom stereocenters. The van der Waals surface area contributed by atoms with Crippen LogP contribution in [0.25, 0.3) is 0 Å². The van der Waals surface area contributed by atoms with Crippen molar-refractivity contribution in [2.45, 2.75) is 39.6 Å². The molecule has 1 aliphatic heterocycles. The van der Waals surface area contributed by atoms with Crippen molar-refractivity contribution in [3.05, 3.63) is 12.2 Å². The first-order chi connectivity index (χ1) is 6.83. The van der Waals surface area contributed by atoms with Crippen LogP contribution < -0.4 is 0 Å². The van der Waals surface area contributed by atoms with Crippen molar-refractivity contribution >= 4 is 11.8 Å². The van der Waals surface area contributed by atoms with E-state index in [2.05, 4.69) is 0 Å². The van der Waals surface area contributed by atoms with E-state index in [1.807, 2.05) is 0 Å². The predicted molar refractivity (Wildman–Crippen MR) is 54.0 cm³/mol. The van der Waals surface area contributed by atoms with Crippen molar-refractivity contribution in [2.75, 3.05) is 0 Å². The van der Waals surface area contributed by atoms with E-state index >= 15 is 0 Å². The maximum atomic E-state index is 11.3. The lowest BCUT2D eigenvalue weighted by atomic mass is 10.0. The number of hydrogen-bond acceptors (Lipinski definition) is 4. The van der Waals surface area contributed by atoms with Crippen LogP contribution in [0.15, 0.2) is 12.2 Å². The number of ketones is 1. The Bertz CT molecular complexity index is 302. The first-order valence-electron chi connectivity index (χ1n) is 4.94. The van der Waals surface area contributed by atoms with E-state index in [-0.39, 0.29) is 17.7 Å². The molecule has 4 nitrogen and oxygen atoms in total. The first-order valence-corrected chi connectivity index (χ1v) is 4.94. The van der Waals surface area contributed by atoms with Gasteiger partial charge in [-0.25, -0.2) is 0 Å². The lowest BCUT2D eigenvalue weighted by Gasteiger charge is -2.30. The van der Waals surface area contributed by atoms with Crippen molar-refractivity contribution < 1.29 is 19.1 Å². The molecule has 84 valence electrons. The second kappa shape index (κ2) is 4.14. The zero-order valence-electron chi connectivity index (χ0n) is 9.44. The van der Waals surface area contributed by atoms with Crippen molar-refractivity contribution in [3.8, 4) is 0 Å². The van der Waals surface area contributed by atoms with Gasteiger partial charge in [-0.15, -0.1) is 0 Å². The molecule has 1 rings (SSSR count). The van der Waals surface area contributed by atoms with Gasteiger partial charge >= 0.3 is 5.97 Å². The molecule has 0 aromatic heterocycles. The van der Waals surface area contributed by atoms with Gasteiger partial charge in [0, 0.05) is 0 Å². The van der Waals surface area contributed by atoms with Crippen LogP contribution in [0.1, 0.15) is 27.7 Å². The molecule has 0 saturated heterocycles. The maximum absolute atomic E-state index is 11.3. The van der Waals surface area contributed by atoms with Crippen LogP contribution in [0.5, 0.6) is 0 Å². The van der Waals surface area contributed by atoms with Gasteiger partial charge in [-0.1, -0.05) is 13.8 Å². The van der Waals surface area contributed by atoms with Gasteiger partial charge < -0.3 is 9.47 Å². The SMILES string of the molecule is CC(C)C(=O)O[C@H]1C=CC(=O)C(C)(C)O1. The Balaban J connectivity index is 2.64. The standard InChI is InChI=1S/C11H16O4/c1-7(2)10(13)14-9-6-5-8(12)11(3,4)15-9/h5-7,9H,1-4H3/t9-/m1/s1. The zero-order chi connectivity index (χ0) is 11.6. The summed E-state index contributed by atoms with van der Waals surface area (Å²) in [5.74, 6) is -0.670. The summed E-state index contributed by atoms with van der Waals surface area (Å²) in [6, 6.07) is 0. The van der Waals surface area contributed by atoms with Crippen molar-refractivity contribution in [1.82, 2.24) is 0 Å². The number of ether oxygens (including phenoxy) is 2. The van der Waals surface area contributed by atoms with Gasteiger partial charge in [-0.3, -0.25) is 9.59 Å². The molecule has 0 spiro atoms. The fourth-order valence-corrected chi connectivity index (χ4v) is 1.07. The molecule has 0 radical (unpaired) electrons. The molecule has 15 heavy (non-hydrogen) atoms. The average molecular weight is 212 g/mol. The van der Waals surface area contributed by atoms with Crippen LogP contribution in [0, 0.1) is 5.92 Å². The Hall–Kier alpha value is -1.16. The smallest absolute Gasteiger partial charge is 0.310 e. The minimum absolute atomic E-state index is 0.126. The Kier molecular flexibility index (Phi) is 3.29. The predicted octanol–water partition coefficient (Wildman–Crippen LogP) is 1.45. The quantitative estimate of drug-likeness (QED) is 0.650. The Morgan fingerprint density at radius 2 is 2.13 bits per heavy atom. The van der Waals surface area contributed by atoms with Crippen molar-refractivity contribution in [3.63, 3.8) is 0 Å². The lowest BCUT2D eigenvalue weighted by molar-refractivity contribution is -0.197. The molecule has 4 heteroatoms. The Morgan fingerprint density at radius 3 is 2.60 bits per heavy atom. The third-order valence-corrected chi connectivity index (χ3v) is 2.11. The zero-order valence-corrected chi connectivity index (χ0v) is 9.44. The molecule has 0 fully saturated rings. The molecule has 0 aromatic rings. The minimum atomic E-state index is -0.920. The van der Waals surface area contributed by atoms with Crippen molar-refractivity contribution in [2.24, 2.45) is 5.92 Å². The third kappa shape index (κ3) is 2.89. The van der Waals surface area contributed by atoms with E-state index in [9.17, 15) is 9.59 Å². The Morgan fingerprint density at radius 1 is 1.53 bits per heavy atom. The summed E-state index contributed by atoms with van der Waals surface area (Å²) in [6.45, 7) is 6.78. The molecular formula is C11H16O4. The maximum Gasteiger partial charge on any atom is 0.310 e. The fourth-order valence-electron chi connectivity index (χ4n) is 1.07. The monoisotopic (exact) mass is 212 g/mol. The summed E-state index contributed by atoms with van der Waals surface area (Å²) in [6.07, 6.45) is 2.09. The molecule has 0 aromatic carbocycles. The van der Waals surface area contributed by atoms with Crippen LogP contribution in [0.4, 0.5) is 0 Å². The van der Waals surface area contributed by atoms with Gasteiger partial charge in [0.05, 0.1) is 5.92 Å². The summed E-state index contributed by atoms with van der Waals surface area (Å²) < 4.78 is 10.4. The molecule has 0 amide bonds. The van der Waals surface area contributed by atoms with Crippen LogP contribution in [-0.4, -0.2) is 23.6 Å². The van der Waals surface area contributed by atoms with Crippen LogP contribution in [0.3, 0.4) is 0 Å². The number of rotatable bonds is 2. The van der Waals surface area contributed by atoms with E-state index in [4.69, 9.17) is 9.47 Å². The second-order valence-corrected chi connectivity index (χ2v) is 4.31. The average Bonchev–Trinajstić information content (AvgIpc) is 2.10. The number of carbonyl (C=O) groups excluding carboxylic acids is 2. The van der Waals surface area contributed by atoms with Gasteiger partial charge in [0.15, 0.2) is 5.78 Å². The lowest BCUT2D eigenvalue weighted by Crippen LogP contribution is -2.42. The number of carbonyl (C=O) groups is 2. The summed E-state index contributed by atoms with van der Waals surface area (Å²) in [4.78, 5) is 22.6. The first kappa shape index (κ1) is 11.9. The summed E-state index contributed by atoms with van der Waals surface area (Å²) in [7, 11) is 0. The van der Waals surface area contributed by atoms with Gasteiger partial charge in [-0.05, 0) is 26.0 Å². The minimum Gasteiger partial charge on any atom is -0.432 e. The van der Waals surface area contributed by atoms with E-state index in [1.54, 1.807) is 27.7 Å². The summed E-state index contributed by atoms with van der Waals surface area (Å²) in [5, 5.41) is 0. The van der Waals surface area contributed by atoms with Gasteiger partial charge in [0.1, 0.15) is 5.60 Å². The molecular weight excluding hydrogens is 196 g/mol. The highest BCUT2D eigenvalue weighted by Gasteiger charge is 2.34. The highest BCUT2D eigenvalue weighted by atomic mass is 16.7. The second-order valence-electron chi connectivity index (χ2n) is 4.31. The topological polar surface area (TPSA) is 52.6 Å². The molecule has 1 aliphatic rings. The molecule has 0 aliphatic carbocycles. The van der Waals surface area contributed by atoms with Gasteiger partial charge in [-0.2, -0.15) is 0 Å². The van der Waals surface area contributed by atoms with Crippen LogP contribution >= 0.6 is 0 Å². The molecule has 1 atom stereocenters. The normalized spacial score (nSPS) is 24.3. The van der Waals surface area contributed by atoms with E-state index in [0.29, 0.717) is 0 Å². The van der Waals surface area contributed by atoms with E-state index in [1.165, 1.54) is 12.2 Å². The third-order valence-electron chi connectivity index (χ3n) is 2.11. The molecule has 1 heterocycles. The molecule has 0 N–H and O–H groups in total. The van der Waals surface area contributed by atoms with E-state index < -0.39 is 11.9 Å². The van der Waals surface area contributed by atoms with Crippen LogP contribution in [-0.2, 0) is 19.1 Å². The number of hydrogen-bond donors (Lipinski definition) is 0. The Labute approximate surface area is 89.2 Å². The number of esters is 1. The highest BCUT2D eigenvalue weighted by Crippen LogP contribution is 2.21.